The van der Waals surface area contributed by atoms with Crippen molar-refractivity contribution in [2.75, 3.05) is 0 Å². The van der Waals surface area contributed by atoms with Crippen LogP contribution in [0.2, 0.25) is 0 Å². The molecule has 3 rings (SSSR count). The fourth-order valence-corrected chi connectivity index (χ4v) is 3.00. The van der Waals surface area contributed by atoms with Gasteiger partial charge in [0.25, 0.3) is 0 Å². The Kier molecular flexibility index (Phi) is 3.75. The molecule has 0 aliphatic heterocycles. The average Bonchev–Trinajstić information content (AvgIpc) is 3.12. The van der Waals surface area contributed by atoms with E-state index >= 15 is 0 Å². The van der Waals surface area contributed by atoms with Crippen LogP contribution in [-0.4, -0.2) is 17.2 Å². The van der Waals surface area contributed by atoms with Crippen LogP contribution in [0.5, 0.6) is 0 Å². The van der Waals surface area contributed by atoms with Crippen molar-refractivity contribution in [3.8, 4) is 0 Å². The van der Waals surface area contributed by atoms with Crippen LogP contribution in [0.3, 0.4) is 0 Å². The molecule has 2 saturated carbocycles. The van der Waals surface area contributed by atoms with E-state index in [0.29, 0.717) is 24.8 Å². The molecule has 2 atom stereocenters. The highest BCUT2D eigenvalue weighted by atomic mass is 19.4. The molecule has 2 aliphatic rings. The summed E-state index contributed by atoms with van der Waals surface area (Å²) >= 11 is 0. The van der Waals surface area contributed by atoms with Gasteiger partial charge >= 0.3 is 6.18 Å². The summed E-state index contributed by atoms with van der Waals surface area (Å²) in [5.74, 6) is -0.684. The number of nitrogens with one attached hydrogen (secondary N) is 1. The zero-order chi connectivity index (χ0) is 14.2. The van der Waals surface area contributed by atoms with Crippen molar-refractivity contribution in [2.45, 2.75) is 63.2 Å². The lowest BCUT2D eigenvalue weighted by molar-refractivity contribution is -0.183. The topological polar surface area (TPSA) is 38.1 Å². The van der Waals surface area contributed by atoms with E-state index in [4.69, 9.17) is 4.42 Å². The molecular weight excluding hydrogens is 269 g/mol. The van der Waals surface area contributed by atoms with E-state index < -0.39 is 12.1 Å². The Balaban J connectivity index is 1.66. The molecule has 20 heavy (non-hydrogen) atoms. The minimum absolute atomic E-state index is 0.134. The molecule has 2 aliphatic carbocycles. The van der Waals surface area contributed by atoms with Crippen molar-refractivity contribution in [3.63, 3.8) is 0 Å². The van der Waals surface area contributed by atoms with Gasteiger partial charge in [0.2, 0.25) is 0 Å². The van der Waals surface area contributed by atoms with Crippen molar-refractivity contribution >= 4 is 0 Å². The highest BCUT2D eigenvalue weighted by Crippen LogP contribution is 2.44. The Hall–Kier alpha value is -1.04. The maximum absolute atomic E-state index is 12.9. The molecule has 1 N–H and O–H groups in total. The van der Waals surface area contributed by atoms with Gasteiger partial charge in [0.05, 0.1) is 11.6 Å². The minimum atomic E-state index is -4.09. The SMILES string of the molecule is FC(F)(F)C1CCCC(c2ocnc2CNC2CC2)C1. The number of oxazole rings is 1. The van der Waals surface area contributed by atoms with Crippen LogP contribution >= 0.6 is 0 Å². The molecular formula is C14H19F3N2O. The number of nitrogens with zero attached hydrogens (tertiary/aromatic N) is 1. The van der Waals surface area contributed by atoms with Crippen LogP contribution in [0.25, 0.3) is 0 Å². The summed E-state index contributed by atoms with van der Waals surface area (Å²) in [6.07, 6.45) is 1.35. The molecule has 0 bridgehead atoms. The molecule has 6 heteroatoms. The zero-order valence-electron chi connectivity index (χ0n) is 11.2. The number of halogens is 3. The fourth-order valence-electron chi connectivity index (χ4n) is 3.00. The standard InChI is InChI=1S/C14H19F3N2O/c15-14(16,17)10-3-1-2-9(6-10)13-12(19-8-20-13)7-18-11-4-5-11/h8-11,18H,1-7H2. The first kappa shape index (κ1) is 13.9. The van der Waals surface area contributed by atoms with Crippen LogP contribution in [0.4, 0.5) is 13.2 Å². The first-order valence-electron chi connectivity index (χ1n) is 7.26. The van der Waals surface area contributed by atoms with Gasteiger partial charge in [-0.3, -0.25) is 0 Å². The van der Waals surface area contributed by atoms with Crippen molar-refractivity contribution in [3.05, 3.63) is 17.8 Å². The Morgan fingerprint density at radius 1 is 1.25 bits per heavy atom. The zero-order valence-corrected chi connectivity index (χ0v) is 11.2. The second-order valence-corrected chi connectivity index (χ2v) is 5.92. The molecule has 112 valence electrons. The van der Waals surface area contributed by atoms with Crippen molar-refractivity contribution in [2.24, 2.45) is 5.92 Å². The predicted molar refractivity (Wildman–Crippen MR) is 67.1 cm³/mol. The van der Waals surface area contributed by atoms with Gasteiger partial charge in [-0.15, -0.1) is 0 Å². The second kappa shape index (κ2) is 5.39. The molecule has 0 radical (unpaired) electrons. The number of rotatable bonds is 4. The number of hydrogen-bond acceptors (Lipinski definition) is 3. The van der Waals surface area contributed by atoms with E-state index in [0.717, 1.165) is 12.1 Å². The Bertz CT molecular complexity index is 454. The quantitative estimate of drug-likeness (QED) is 0.916. The van der Waals surface area contributed by atoms with Crippen molar-refractivity contribution in [1.29, 1.82) is 0 Å². The van der Waals surface area contributed by atoms with Gasteiger partial charge < -0.3 is 9.73 Å². The van der Waals surface area contributed by atoms with Crippen LogP contribution < -0.4 is 5.32 Å². The van der Waals surface area contributed by atoms with Gasteiger partial charge in [0, 0.05) is 18.5 Å². The number of aromatic nitrogens is 1. The predicted octanol–water partition coefficient (Wildman–Crippen LogP) is 3.76. The summed E-state index contributed by atoms with van der Waals surface area (Å²) in [4.78, 5) is 4.17. The molecule has 0 aromatic carbocycles. The highest BCUT2D eigenvalue weighted by Gasteiger charge is 2.43. The fraction of sp³-hybridized carbons (Fsp3) is 0.786. The van der Waals surface area contributed by atoms with Gasteiger partial charge in [0.15, 0.2) is 6.39 Å². The van der Waals surface area contributed by atoms with Crippen LogP contribution in [0.15, 0.2) is 10.8 Å². The minimum Gasteiger partial charge on any atom is -0.448 e. The summed E-state index contributed by atoms with van der Waals surface area (Å²) < 4.78 is 44.0. The number of alkyl halides is 3. The van der Waals surface area contributed by atoms with Gasteiger partial charge in [0.1, 0.15) is 5.76 Å². The van der Waals surface area contributed by atoms with Gasteiger partial charge in [-0.1, -0.05) is 6.42 Å². The third kappa shape index (κ3) is 3.16. The monoisotopic (exact) mass is 288 g/mol. The lowest BCUT2D eigenvalue weighted by atomic mass is 9.79. The summed E-state index contributed by atoms with van der Waals surface area (Å²) in [5.41, 5.74) is 0.782. The first-order valence-corrected chi connectivity index (χ1v) is 7.26. The Labute approximate surface area is 115 Å². The molecule has 1 heterocycles. The van der Waals surface area contributed by atoms with Crippen LogP contribution in [-0.2, 0) is 6.54 Å². The average molecular weight is 288 g/mol. The first-order chi connectivity index (χ1) is 9.54. The van der Waals surface area contributed by atoms with Gasteiger partial charge in [-0.25, -0.2) is 4.98 Å². The van der Waals surface area contributed by atoms with E-state index in [1.807, 2.05) is 0 Å². The summed E-state index contributed by atoms with van der Waals surface area (Å²) in [6.45, 7) is 0.601. The molecule has 3 nitrogen and oxygen atoms in total. The Morgan fingerprint density at radius 3 is 2.75 bits per heavy atom. The molecule has 0 saturated heterocycles. The maximum Gasteiger partial charge on any atom is 0.391 e. The van der Waals surface area contributed by atoms with E-state index in [9.17, 15) is 13.2 Å². The lowest BCUT2D eigenvalue weighted by Gasteiger charge is -2.29. The van der Waals surface area contributed by atoms with Gasteiger partial charge in [-0.2, -0.15) is 13.2 Å². The van der Waals surface area contributed by atoms with E-state index in [1.165, 1.54) is 19.2 Å². The van der Waals surface area contributed by atoms with E-state index in [2.05, 4.69) is 10.3 Å². The third-order valence-electron chi connectivity index (χ3n) is 4.32. The molecule has 0 amide bonds. The Morgan fingerprint density at radius 2 is 2.05 bits per heavy atom. The summed E-state index contributed by atoms with van der Waals surface area (Å²) in [7, 11) is 0. The van der Waals surface area contributed by atoms with Gasteiger partial charge in [-0.05, 0) is 32.1 Å². The molecule has 1 aromatic heterocycles. The van der Waals surface area contributed by atoms with Crippen molar-refractivity contribution < 1.29 is 17.6 Å². The molecule has 1 aromatic rings. The van der Waals surface area contributed by atoms with E-state index in [1.54, 1.807) is 0 Å². The summed E-state index contributed by atoms with van der Waals surface area (Å²) in [6, 6.07) is 0.550. The highest BCUT2D eigenvalue weighted by molar-refractivity contribution is 5.14. The lowest BCUT2D eigenvalue weighted by Crippen LogP contribution is -2.28. The van der Waals surface area contributed by atoms with Crippen molar-refractivity contribution in [1.82, 2.24) is 10.3 Å². The summed E-state index contributed by atoms with van der Waals surface area (Å²) in [5, 5.41) is 3.34. The third-order valence-corrected chi connectivity index (χ3v) is 4.32. The van der Waals surface area contributed by atoms with Crippen LogP contribution in [0, 0.1) is 5.92 Å². The normalized spacial score (nSPS) is 27.8. The second-order valence-electron chi connectivity index (χ2n) is 5.92. The smallest absolute Gasteiger partial charge is 0.391 e. The molecule has 2 unspecified atom stereocenters. The number of hydrogen-bond donors (Lipinski definition) is 1. The van der Waals surface area contributed by atoms with Crippen LogP contribution in [0.1, 0.15) is 55.9 Å². The van der Waals surface area contributed by atoms with E-state index in [-0.39, 0.29) is 18.8 Å². The largest absolute Gasteiger partial charge is 0.448 e. The maximum atomic E-state index is 12.9. The molecule has 2 fully saturated rings. The molecule has 0 spiro atoms.